The summed E-state index contributed by atoms with van der Waals surface area (Å²) in [6, 6.07) is 6.31. The Balaban J connectivity index is 2.16. The van der Waals surface area contributed by atoms with Crippen LogP contribution < -0.4 is 4.90 Å². The van der Waals surface area contributed by atoms with Crippen LogP contribution in [0.25, 0.3) is 0 Å². The summed E-state index contributed by atoms with van der Waals surface area (Å²) in [4.78, 5) is 25.2. The molecule has 20 heavy (non-hydrogen) atoms. The van der Waals surface area contributed by atoms with Crippen molar-refractivity contribution in [3.8, 4) is 5.75 Å². The van der Waals surface area contributed by atoms with Crippen LogP contribution in [0, 0.1) is 11.8 Å². The van der Waals surface area contributed by atoms with Crippen LogP contribution in [-0.4, -0.2) is 29.1 Å². The minimum Gasteiger partial charge on any atom is -0.508 e. The van der Waals surface area contributed by atoms with Crippen LogP contribution in [0.3, 0.4) is 0 Å². The fraction of sp³-hybridized carbons (Fsp3) is 0.467. The third kappa shape index (κ3) is 2.92. The molecule has 5 heteroatoms. The molecule has 1 saturated carbocycles. The molecule has 2 N–H and O–H groups in total. The number of anilines is 1. The van der Waals surface area contributed by atoms with Crippen LogP contribution in [0.1, 0.15) is 25.7 Å². The van der Waals surface area contributed by atoms with Gasteiger partial charge in [0.05, 0.1) is 11.8 Å². The van der Waals surface area contributed by atoms with Gasteiger partial charge in [-0.15, -0.1) is 0 Å². The molecule has 108 valence electrons. The maximum absolute atomic E-state index is 12.5. The second-order valence-electron chi connectivity index (χ2n) is 5.25. The van der Waals surface area contributed by atoms with Gasteiger partial charge in [0.1, 0.15) is 5.75 Å². The first kappa shape index (κ1) is 14.4. The Kier molecular flexibility index (Phi) is 4.27. The molecule has 1 aromatic carbocycles. The van der Waals surface area contributed by atoms with E-state index < -0.39 is 17.8 Å². The Hall–Kier alpha value is -2.04. The quantitative estimate of drug-likeness (QED) is 0.888. The molecule has 0 unspecified atom stereocenters. The van der Waals surface area contributed by atoms with Crippen molar-refractivity contribution in [1.82, 2.24) is 0 Å². The molecule has 1 aromatic rings. The van der Waals surface area contributed by atoms with Gasteiger partial charge in [-0.3, -0.25) is 9.59 Å². The predicted octanol–water partition coefficient (Wildman–Crippen LogP) is 2.25. The Labute approximate surface area is 117 Å². The molecule has 2 atom stereocenters. The second kappa shape index (κ2) is 5.94. The lowest BCUT2D eigenvalue weighted by Gasteiger charge is -2.31. The lowest BCUT2D eigenvalue weighted by molar-refractivity contribution is -0.148. The fourth-order valence-corrected chi connectivity index (χ4v) is 2.77. The highest BCUT2D eigenvalue weighted by atomic mass is 16.4. The highest BCUT2D eigenvalue weighted by Gasteiger charge is 2.37. The van der Waals surface area contributed by atoms with E-state index in [0.717, 1.165) is 12.8 Å². The number of carboxylic acids is 1. The molecule has 0 radical (unpaired) electrons. The average molecular weight is 277 g/mol. The maximum Gasteiger partial charge on any atom is 0.307 e. The number of aromatic hydroxyl groups is 1. The van der Waals surface area contributed by atoms with Gasteiger partial charge < -0.3 is 15.1 Å². The number of phenolic OH excluding ortho intramolecular Hbond substituents is 1. The topological polar surface area (TPSA) is 77.8 Å². The van der Waals surface area contributed by atoms with E-state index in [1.165, 1.54) is 17.0 Å². The SMILES string of the molecule is CN(C(=O)[C@@H]1CCCC[C@@H]1C(=O)O)c1ccc(O)cc1. The van der Waals surface area contributed by atoms with Crippen LogP contribution >= 0.6 is 0 Å². The van der Waals surface area contributed by atoms with Gasteiger partial charge in [-0.25, -0.2) is 0 Å². The standard InChI is InChI=1S/C15H19NO4/c1-16(10-6-8-11(17)9-7-10)14(18)12-4-2-3-5-13(12)15(19)20/h6-9,12-13,17H,2-5H2,1H3,(H,19,20)/t12-,13+/m1/s1. The minimum absolute atomic E-state index is 0.135. The molecule has 2 rings (SSSR count). The van der Waals surface area contributed by atoms with Crippen LogP contribution in [-0.2, 0) is 9.59 Å². The van der Waals surface area contributed by atoms with E-state index in [1.54, 1.807) is 19.2 Å². The number of phenols is 1. The molecule has 0 bridgehead atoms. The smallest absolute Gasteiger partial charge is 0.307 e. The number of rotatable bonds is 3. The lowest BCUT2D eigenvalue weighted by atomic mass is 9.78. The number of carboxylic acid groups (broad SMARTS) is 1. The van der Waals surface area contributed by atoms with Crippen molar-refractivity contribution in [2.75, 3.05) is 11.9 Å². The van der Waals surface area contributed by atoms with Gasteiger partial charge in [0.15, 0.2) is 0 Å². The predicted molar refractivity (Wildman–Crippen MR) is 74.6 cm³/mol. The number of amides is 1. The van der Waals surface area contributed by atoms with Crippen LogP contribution in [0.15, 0.2) is 24.3 Å². The third-order valence-electron chi connectivity index (χ3n) is 3.97. The number of hydrogen-bond acceptors (Lipinski definition) is 3. The number of hydrogen-bond donors (Lipinski definition) is 2. The van der Waals surface area contributed by atoms with Crippen molar-refractivity contribution in [3.05, 3.63) is 24.3 Å². The molecule has 0 heterocycles. The van der Waals surface area contributed by atoms with Crippen LogP contribution in [0.2, 0.25) is 0 Å². The molecule has 5 nitrogen and oxygen atoms in total. The van der Waals surface area contributed by atoms with Gasteiger partial charge in [-0.2, -0.15) is 0 Å². The molecule has 0 aromatic heterocycles. The zero-order valence-electron chi connectivity index (χ0n) is 11.5. The lowest BCUT2D eigenvalue weighted by Crippen LogP contribution is -2.40. The van der Waals surface area contributed by atoms with Gasteiger partial charge in [-0.05, 0) is 37.1 Å². The van der Waals surface area contributed by atoms with Crippen molar-refractivity contribution < 1.29 is 19.8 Å². The molecular weight excluding hydrogens is 258 g/mol. The second-order valence-corrected chi connectivity index (χ2v) is 5.25. The van der Waals surface area contributed by atoms with Gasteiger partial charge >= 0.3 is 5.97 Å². The summed E-state index contributed by atoms with van der Waals surface area (Å²) in [5, 5.41) is 18.5. The molecule has 0 spiro atoms. The van der Waals surface area contributed by atoms with Crippen LogP contribution in [0.5, 0.6) is 5.75 Å². The summed E-state index contributed by atoms with van der Waals surface area (Å²) in [6.45, 7) is 0. The summed E-state index contributed by atoms with van der Waals surface area (Å²) in [5.74, 6) is -1.96. The van der Waals surface area contributed by atoms with E-state index in [-0.39, 0.29) is 11.7 Å². The third-order valence-corrected chi connectivity index (χ3v) is 3.97. The first-order valence-corrected chi connectivity index (χ1v) is 6.80. The summed E-state index contributed by atoms with van der Waals surface area (Å²) in [7, 11) is 1.64. The highest BCUT2D eigenvalue weighted by Crippen LogP contribution is 2.32. The Bertz CT molecular complexity index is 497. The van der Waals surface area contributed by atoms with E-state index >= 15 is 0 Å². The van der Waals surface area contributed by atoms with E-state index in [9.17, 15) is 19.8 Å². The largest absolute Gasteiger partial charge is 0.508 e. The summed E-state index contributed by atoms with van der Waals surface area (Å²) < 4.78 is 0. The zero-order valence-corrected chi connectivity index (χ0v) is 11.5. The van der Waals surface area contributed by atoms with Crippen molar-refractivity contribution in [2.45, 2.75) is 25.7 Å². The molecule has 1 aliphatic carbocycles. The molecule has 1 amide bonds. The Morgan fingerprint density at radius 3 is 2.20 bits per heavy atom. The Morgan fingerprint density at radius 2 is 1.65 bits per heavy atom. The molecule has 0 saturated heterocycles. The Morgan fingerprint density at radius 1 is 1.10 bits per heavy atom. The van der Waals surface area contributed by atoms with Gasteiger partial charge in [0, 0.05) is 12.7 Å². The fourth-order valence-electron chi connectivity index (χ4n) is 2.77. The van der Waals surface area contributed by atoms with Gasteiger partial charge in [0.2, 0.25) is 5.91 Å². The summed E-state index contributed by atoms with van der Waals surface area (Å²) in [6.07, 6.45) is 2.95. The van der Waals surface area contributed by atoms with Gasteiger partial charge in [0.25, 0.3) is 0 Å². The van der Waals surface area contributed by atoms with E-state index in [4.69, 9.17) is 0 Å². The average Bonchev–Trinajstić information content (AvgIpc) is 2.46. The van der Waals surface area contributed by atoms with E-state index in [2.05, 4.69) is 0 Å². The number of aliphatic carboxylic acids is 1. The number of carbonyl (C=O) groups excluding carboxylic acids is 1. The normalized spacial score (nSPS) is 22.2. The number of carbonyl (C=O) groups is 2. The monoisotopic (exact) mass is 277 g/mol. The highest BCUT2D eigenvalue weighted by molar-refractivity contribution is 5.96. The molecular formula is C15H19NO4. The van der Waals surface area contributed by atoms with Crippen molar-refractivity contribution in [3.63, 3.8) is 0 Å². The van der Waals surface area contributed by atoms with E-state index in [0.29, 0.717) is 18.5 Å². The first-order valence-electron chi connectivity index (χ1n) is 6.80. The van der Waals surface area contributed by atoms with Gasteiger partial charge in [-0.1, -0.05) is 12.8 Å². The number of benzene rings is 1. The van der Waals surface area contributed by atoms with Crippen molar-refractivity contribution in [2.24, 2.45) is 11.8 Å². The molecule has 1 aliphatic rings. The maximum atomic E-state index is 12.5. The zero-order chi connectivity index (χ0) is 14.7. The van der Waals surface area contributed by atoms with E-state index in [1.807, 2.05) is 0 Å². The summed E-state index contributed by atoms with van der Waals surface area (Å²) in [5.41, 5.74) is 0.655. The number of nitrogens with zero attached hydrogens (tertiary/aromatic N) is 1. The van der Waals surface area contributed by atoms with Crippen molar-refractivity contribution in [1.29, 1.82) is 0 Å². The molecule has 1 fully saturated rings. The minimum atomic E-state index is -0.887. The summed E-state index contributed by atoms with van der Waals surface area (Å²) >= 11 is 0. The molecule has 0 aliphatic heterocycles. The van der Waals surface area contributed by atoms with Crippen molar-refractivity contribution >= 4 is 17.6 Å². The van der Waals surface area contributed by atoms with Crippen LogP contribution in [0.4, 0.5) is 5.69 Å². The first-order chi connectivity index (χ1) is 9.50.